The Morgan fingerprint density at radius 3 is 2.43 bits per heavy atom. The summed E-state index contributed by atoms with van der Waals surface area (Å²) in [7, 11) is -1.35. The van der Waals surface area contributed by atoms with Gasteiger partial charge in [-0.15, -0.1) is 24.8 Å². The summed E-state index contributed by atoms with van der Waals surface area (Å²) in [6, 6.07) is 0. The standard InChI is InChI=1S/C13H27BN2O5.2ClH/c15-13(12(18)19,5-1-2-7-14(20)21)6-9-16-8-3-4-11(17)10-16;;/h11,17,20-21H,1-10,15H2,(H,18,19);2*1H/t11-,13+;;/m0../s1. The number of hydrogen-bond donors (Lipinski definition) is 5. The van der Waals surface area contributed by atoms with Crippen LogP contribution in [0.15, 0.2) is 0 Å². The lowest BCUT2D eigenvalue weighted by molar-refractivity contribution is -0.144. The van der Waals surface area contributed by atoms with Crippen molar-refractivity contribution in [3.63, 3.8) is 0 Å². The highest BCUT2D eigenvalue weighted by Crippen LogP contribution is 2.19. The number of halogens is 2. The number of carboxylic acids is 1. The molecule has 1 fully saturated rings. The van der Waals surface area contributed by atoms with Crippen LogP contribution in [0, 0.1) is 0 Å². The lowest BCUT2D eigenvalue weighted by Crippen LogP contribution is -2.51. The molecule has 1 saturated heterocycles. The first-order chi connectivity index (χ1) is 9.83. The molecule has 1 rings (SSSR count). The summed E-state index contributed by atoms with van der Waals surface area (Å²) in [6.45, 7) is 2.00. The van der Waals surface area contributed by atoms with E-state index < -0.39 is 18.6 Å². The number of rotatable bonds is 9. The maximum atomic E-state index is 11.4. The van der Waals surface area contributed by atoms with E-state index in [1.807, 2.05) is 0 Å². The molecular weight excluding hydrogens is 346 g/mol. The van der Waals surface area contributed by atoms with E-state index in [0.717, 1.165) is 19.4 Å². The molecule has 7 nitrogen and oxygen atoms in total. The van der Waals surface area contributed by atoms with Crippen LogP contribution in [0.2, 0.25) is 6.32 Å². The lowest BCUT2D eigenvalue weighted by Gasteiger charge is -2.33. The molecule has 0 radical (unpaired) electrons. The number of β-amino-alcohol motifs (C(OH)–C–C–N with tert-alkyl or cyclic N) is 1. The second-order valence-corrected chi connectivity index (χ2v) is 6.03. The van der Waals surface area contributed by atoms with E-state index in [9.17, 15) is 15.0 Å². The van der Waals surface area contributed by atoms with Crippen molar-refractivity contribution in [1.29, 1.82) is 0 Å². The molecule has 1 aliphatic heterocycles. The van der Waals surface area contributed by atoms with Gasteiger partial charge in [0.25, 0.3) is 0 Å². The van der Waals surface area contributed by atoms with Crippen molar-refractivity contribution >= 4 is 37.9 Å². The second-order valence-electron chi connectivity index (χ2n) is 6.03. The summed E-state index contributed by atoms with van der Waals surface area (Å²) < 4.78 is 0. The van der Waals surface area contributed by atoms with Crippen molar-refractivity contribution in [2.75, 3.05) is 19.6 Å². The van der Waals surface area contributed by atoms with Gasteiger partial charge in [-0.25, -0.2) is 0 Å². The molecule has 10 heteroatoms. The number of unbranched alkanes of at least 4 members (excludes halogenated alkanes) is 1. The molecule has 23 heavy (non-hydrogen) atoms. The fourth-order valence-electron chi connectivity index (χ4n) is 2.70. The number of nitrogens with zero attached hydrogens (tertiary/aromatic N) is 1. The number of aliphatic hydroxyl groups excluding tert-OH is 1. The SMILES string of the molecule is Cl.Cl.N[C@](CCCCB(O)O)(CCN1CCC[C@H](O)C1)C(=O)O. The van der Waals surface area contributed by atoms with Crippen molar-refractivity contribution in [2.24, 2.45) is 5.73 Å². The lowest BCUT2D eigenvalue weighted by atomic mass is 9.81. The maximum absolute atomic E-state index is 11.4. The summed E-state index contributed by atoms with van der Waals surface area (Å²) in [6.07, 6.45) is 3.33. The Bertz CT molecular complexity index is 341. The van der Waals surface area contributed by atoms with Gasteiger partial charge >= 0.3 is 13.1 Å². The molecule has 0 aromatic rings. The molecule has 1 aliphatic rings. The molecular formula is C13H29BCl2N2O5. The van der Waals surface area contributed by atoms with Crippen molar-refractivity contribution in [3.05, 3.63) is 0 Å². The largest absolute Gasteiger partial charge is 0.480 e. The first kappa shape index (κ1) is 25.2. The topological polar surface area (TPSA) is 127 Å². The van der Waals surface area contributed by atoms with Crippen LogP contribution in [-0.4, -0.2) is 69.5 Å². The Morgan fingerprint density at radius 2 is 1.91 bits per heavy atom. The molecule has 0 aromatic carbocycles. The van der Waals surface area contributed by atoms with Crippen molar-refractivity contribution in [3.8, 4) is 0 Å². The third-order valence-corrected chi connectivity index (χ3v) is 4.12. The molecule has 0 spiro atoms. The minimum Gasteiger partial charge on any atom is -0.480 e. The highest BCUT2D eigenvalue weighted by molar-refractivity contribution is 6.40. The molecule has 2 atom stereocenters. The number of carboxylic acid groups (broad SMARTS) is 1. The average molecular weight is 375 g/mol. The van der Waals surface area contributed by atoms with Crippen LogP contribution >= 0.6 is 24.8 Å². The minimum absolute atomic E-state index is 0. The molecule has 0 bridgehead atoms. The fourth-order valence-corrected chi connectivity index (χ4v) is 2.70. The summed E-state index contributed by atoms with van der Waals surface area (Å²) >= 11 is 0. The van der Waals surface area contributed by atoms with E-state index in [1.165, 1.54) is 0 Å². The third kappa shape index (κ3) is 9.71. The summed E-state index contributed by atoms with van der Waals surface area (Å²) in [5.41, 5.74) is 4.71. The smallest absolute Gasteiger partial charge is 0.451 e. The number of nitrogens with two attached hydrogens (primary N) is 1. The van der Waals surface area contributed by atoms with Crippen LogP contribution in [0.5, 0.6) is 0 Å². The predicted octanol–water partition coefficient (Wildman–Crippen LogP) is 0.102. The van der Waals surface area contributed by atoms with Gasteiger partial charge in [0.2, 0.25) is 0 Å². The van der Waals surface area contributed by atoms with Crippen LogP contribution in [0.25, 0.3) is 0 Å². The Hall–Kier alpha value is -0.0851. The van der Waals surface area contributed by atoms with Gasteiger partial charge in [-0.2, -0.15) is 0 Å². The molecule has 1 heterocycles. The van der Waals surface area contributed by atoms with E-state index in [0.29, 0.717) is 38.8 Å². The van der Waals surface area contributed by atoms with Crippen molar-refractivity contribution < 1.29 is 25.1 Å². The molecule has 138 valence electrons. The van der Waals surface area contributed by atoms with Gasteiger partial charge in [-0.1, -0.05) is 12.8 Å². The zero-order chi connectivity index (χ0) is 15.9. The number of carbonyl (C=O) groups is 1. The van der Waals surface area contributed by atoms with E-state index in [4.69, 9.17) is 15.8 Å². The number of aliphatic carboxylic acids is 1. The number of piperidine rings is 1. The second kappa shape index (κ2) is 12.3. The first-order valence-electron chi connectivity index (χ1n) is 7.62. The molecule has 0 saturated carbocycles. The molecule has 0 amide bonds. The summed E-state index contributed by atoms with van der Waals surface area (Å²) in [5, 5.41) is 36.5. The van der Waals surface area contributed by atoms with Crippen LogP contribution in [0.3, 0.4) is 0 Å². The molecule has 0 unspecified atom stereocenters. The monoisotopic (exact) mass is 374 g/mol. The van der Waals surface area contributed by atoms with Crippen molar-refractivity contribution in [1.82, 2.24) is 4.90 Å². The zero-order valence-corrected chi connectivity index (χ0v) is 14.9. The summed E-state index contributed by atoms with van der Waals surface area (Å²) in [5.74, 6) is -1.02. The summed E-state index contributed by atoms with van der Waals surface area (Å²) in [4.78, 5) is 13.4. The Morgan fingerprint density at radius 1 is 1.26 bits per heavy atom. The Labute approximate surface area is 150 Å². The molecule has 0 aromatic heterocycles. The third-order valence-electron chi connectivity index (χ3n) is 4.12. The number of likely N-dealkylation sites (tertiary alicyclic amines) is 1. The Balaban J connectivity index is 0. The quantitative estimate of drug-likeness (QED) is 0.286. The average Bonchev–Trinajstić information content (AvgIpc) is 2.41. The predicted molar refractivity (Wildman–Crippen MR) is 94.2 cm³/mol. The molecule has 6 N–H and O–H groups in total. The van der Waals surface area contributed by atoms with Gasteiger partial charge in [-0.05, 0) is 38.5 Å². The maximum Gasteiger partial charge on any atom is 0.451 e. The highest BCUT2D eigenvalue weighted by Gasteiger charge is 2.34. The van der Waals surface area contributed by atoms with E-state index in [-0.39, 0.29) is 37.2 Å². The fraction of sp³-hybridized carbons (Fsp3) is 0.923. The van der Waals surface area contributed by atoms with E-state index >= 15 is 0 Å². The van der Waals surface area contributed by atoms with Crippen LogP contribution in [0.1, 0.15) is 38.5 Å². The normalized spacial score (nSPS) is 20.8. The van der Waals surface area contributed by atoms with Gasteiger partial charge in [0, 0.05) is 13.1 Å². The van der Waals surface area contributed by atoms with Crippen LogP contribution in [-0.2, 0) is 4.79 Å². The van der Waals surface area contributed by atoms with Gasteiger partial charge in [-0.3, -0.25) is 4.79 Å². The Kier molecular flexibility index (Phi) is 13.5. The number of hydrogen-bond acceptors (Lipinski definition) is 6. The van der Waals surface area contributed by atoms with Gasteiger partial charge in [0.15, 0.2) is 0 Å². The van der Waals surface area contributed by atoms with Crippen LogP contribution in [0.4, 0.5) is 0 Å². The number of aliphatic hydroxyl groups is 1. The van der Waals surface area contributed by atoms with E-state index in [2.05, 4.69) is 4.90 Å². The zero-order valence-electron chi connectivity index (χ0n) is 13.3. The van der Waals surface area contributed by atoms with Gasteiger partial charge < -0.3 is 30.9 Å². The van der Waals surface area contributed by atoms with Gasteiger partial charge in [0.05, 0.1) is 6.10 Å². The van der Waals surface area contributed by atoms with E-state index in [1.54, 1.807) is 0 Å². The minimum atomic E-state index is -1.35. The highest BCUT2D eigenvalue weighted by atomic mass is 35.5. The van der Waals surface area contributed by atoms with Crippen LogP contribution < -0.4 is 5.73 Å². The van der Waals surface area contributed by atoms with Crippen molar-refractivity contribution in [2.45, 2.75) is 56.5 Å². The molecule has 0 aliphatic carbocycles. The van der Waals surface area contributed by atoms with Gasteiger partial charge in [0.1, 0.15) is 5.54 Å². The first-order valence-corrected chi connectivity index (χ1v) is 7.62.